The number of fused-ring (bicyclic) bond motifs is 1. The Balaban J connectivity index is 1.74. The van der Waals surface area contributed by atoms with E-state index in [-0.39, 0.29) is 17.5 Å². The fourth-order valence-corrected chi connectivity index (χ4v) is 4.72. The lowest BCUT2D eigenvalue weighted by Crippen LogP contribution is -3.15. The zero-order valence-electron chi connectivity index (χ0n) is 19.2. The first-order valence-corrected chi connectivity index (χ1v) is 12.0. The van der Waals surface area contributed by atoms with Crippen molar-refractivity contribution >= 4 is 16.8 Å². The molecule has 1 amide bonds. The van der Waals surface area contributed by atoms with E-state index in [1.54, 1.807) is 0 Å². The molecule has 0 radical (unpaired) electrons. The Morgan fingerprint density at radius 1 is 1.16 bits per heavy atom. The Bertz CT molecular complexity index is 918. The lowest BCUT2D eigenvalue weighted by Gasteiger charge is -2.36. The van der Waals surface area contributed by atoms with Crippen LogP contribution in [0.3, 0.4) is 0 Å². The smallest absolute Gasteiger partial charge is 0.261 e. The summed E-state index contributed by atoms with van der Waals surface area (Å²) in [4.78, 5) is 34.2. The summed E-state index contributed by atoms with van der Waals surface area (Å²) in [5, 5.41) is 0.693. The number of rotatable bonds is 10. The van der Waals surface area contributed by atoms with Crippen molar-refractivity contribution in [3.63, 3.8) is 0 Å². The van der Waals surface area contributed by atoms with Gasteiger partial charge in [0.05, 0.1) is 43.6 Å². The maximum atomic E-state index is 13.2. The van der Waals surface area contributed by atoms with Gasteiger partial charge in [-0.05, 0) is 37.8 Å². The van der Waals surface area contributed by atoms with Crippen LogP contribution in [0.15, 0.2) is 29.1 Å². The second-order valence-corrected chi connectivity index (χ2v) is 8.61. The molecule has 4 N–H and O–H groups in total. The standard InChI is InChI=1S/C24H37N5O2/c1-3-14-29-23(26-20-11-8-7-10-19(20)24(29)31)21(4-2)27-15-17-28(18-16-27)22(30)12-6-5-9-13-25/h7-8,10-11,21H,3-6,9,12-18,25H2,1-2H3/p+2/t21-/m0/s1. The van der Waals surface area contributed by atoms with Gasteiger partial charge in [-0.25, -0.2) is 4.98 Å². The number of amides is 1. The molecule has 7 heteroatoms. The topological polar surface area (TPSA) is 87.3 Å². The third-order valence-electron chi connectivity index (χ3n) is 6.45. The first-order valence-electron chi connectivity index (χ1n) is 12.0. The summed E-state index contributed by atoms with van der Waals surface area (Å²) in [6.07, 6.45) is 5.61. The molecule has 0 bridgehead atoms. The molecule has 3 rings (SSSR count). The molecule has 0 saturated carbocycles. The number of benzene rings is 1. The number of carbonyl (C=O) groups is 1. The zero-order valence-corrected chi connectivity index (χ0v) is 19.2. The van der Waals surface area contributed by atoms with Crippen LogP contribution in [0.4, 0.5) is 0 Å². The molecule has 1 aromatic carbocycles. The van der Waals surface area contributed by atoms with Crippen molar-refractivity contribution in [2.24, 2.45) is 0 Å². The molecule has 170 valence electrons. The predicted molar refractivity (Wildman–Crippen MR) is 123 cm³/mol. The number of unbranched alkanes of at least 4 members (excludes halogenated alkanes) is 2. The van der Waals surface area contributed by atoms with Gasteiger partial charge in [0.1, 0.15) is 6.04 Å². The van der Waals surface area contributed by atoms with Gasteiger partial charge in [-0.15, -0.1) is 0 Å². The Morgan fingerprint density at radius 2 is 1.90 bits per heavy atom. The maximum Gasteiger partial charge on any atom is 0.261 e. The van der Waals surface area contributed by atoms with Gasteiger partial charge in [-0.1, -0.05) is 26.0 Å². The average molecular weight is 430 g/mol. The summed E-state index contributed by atoms with van der Waals surface area (Å²) >= 11 is 0. The second kappa shape index (κ2) is 11.4. The van der Waals surface area contributed by atoms with E-state index in [2.05, 4.69) is 19.6 Å². The van der Waals surface area contributed by atoms with Gasteiger partial charge < -0.3 is 15.5 Å². The van der Waals surface area contributed by atoms with E-state index in [1.807, 2.05) is 33.7 Å². The molecule has 0 aliphatic carbocycles. The van der Waals surface area contributed by atoms with Crippen LogP contribution in [-0.4, -0.2) is 53.1 Å². The number of nitrogens with one attached hydrogen (secondary N) is 1. The summed E-state index contributed by atoms with van der Waals surface area (Å²) in [6, 6.07) is 7.81. The molecular formula is C24H39N5O2+2. The molecule has 31 heavy (non-hydrogen) atoms. The lowest BCUT2D eigenvalue weighted by molar-refractivity contribution is -0.936. The number of quaternary nitrogens is 2. The van der Waals surface area contributed by atoms with Crippen LogP contribution in [0.25, 0.3) is 10.9 Å². The van der Waals surface area contributed by atoms with Gasteiger partial charge >= 0.3 is 0 Å². The van der Waals surface area contributed by atoms with E-state index in [1.165, 1.54) is 4.90 Å². The van der Waals surface area contributed by atoms with Crippen molar-refractivity contribution in [2.75, 3.05) is 32.7 Å². The van der Waals surface area contributed by atoms with Crippen molar-refractivity contribution in [2.45, 2.75) is 65.0 Å². The van der Waals surface area contributed by atoms with Crippen LogP contribution < -0.4 is 16.2 Å². The number of aromatic nitrogens is 2. The molecule has 1 aliphatic rings. The van der Waals surface area contributed by atoms with Crippen molar-refractivity contribution < 1.29 is 15.4 Å². The maximum absolute atomic E-state index is 13.2. The Labute approximate surface area is 185 Å². The first-order chi connectivity index (χ1) is 15.1. The molecule has 1 atom stereocenters. The first kappa shape index (κ1) is 23.4. The van der Waals surface area contributed by atoms with Gasteiger partial charge in [-0.2, -0.15) is 0 Å². The van der Waals surface area contributed by atoms with Crippen molar-refractivity contribution in [1.82, 2.24) is 14.5 Å². The van der Waals surface area contributed by atoms with E-state index in [0.29, 0.717) is 18.4 Å². The number of hydrogen-bond acceptors (Lipinski definition) is 3. The Kier molecular flexibility index (Phi) is 8.60. The van der Waals surface area contributed by atoms with E-state index in [9.17, 15) is 9.59 Å². The molecule has 7 nitrogen and oxygen atoms in total. The number of hydrogen-bond donors (Lipinski definition) is 2. The molecule has 1 saturated heterocycles. The SMILES string of the molecule is CCCn1c([C@H](CC)[NH+]2CCN(C(=O)CCCCC[NH3+])CC2)nc2ccccc2c1=O. The number of carbonyl (C=O) groups excluding carboxylic acids is 1. The molecule has 1 aliphatic heterocycles. The summed E-state index contributed by atoms with van der Waals surface area (Å²) in [7, 11) is 0. The second-order valence-electron chi connectivity index (χ2n) is 8.61. The van der Waals surface area contributed by atoms with Gasteiger partial charge in [-0.3, -0.25) is 14.2 Å². The van der Waals surface area contributed by atoms with Gasteiger partial charge in [0.15, 0.2) is 5.82 Å². The molecule has 1 aromatic heterocycles. The zero-order chi connectivity index (χ0) is 22.2. The van der Waals surface area contributed by atoms with E-state index in [0.717, 1.165) is 76.2 Å². The highest BCUT2D eigenvalue weighted by molar-refractivity contribution is 5.77. The summed E-state index contributed by atoms with van der Waals surface area (Å²) < 4.78 is 1.89. The Morgan fingerprint density at radius 3 is 2.58 bits per heavy atom. The molecule has 2 heterocycles. The van der Waals surface area contributed by atoms with Crippen LogP contribution in [0.5, 0.6) is 0 Å². The molecule has 1 fully saturated rings. The third kappa shape index (κ3) is 5.52. The van der Waals surface area contributed by atoms with Gasteiger partial charge in [0.25, 0.3) is 5.56 Å². The molecule has 0 unspecified atom stereocenters. The van der Waals surface area contributed by atoms with Crippen LogP contribution >= 0.6 is 0 Å². The largest absolute Gasteiger partial charge is 0.358 e. The van der Waals surface area contributed by atoms with Crippen molar-refractivity contribution in [3.05, 3.63) is 40.4 Å². The third-order valence-corrected chi connectivity index (χ3v) is 6.45. The fourth-order valence-electron chi connectivity index (χ4n) is 4.72. The van der Waals surface area contributed by atoms with Crippen molar-refractivity contribution in [3.8, 4) is 0 Å². The van der Waals surface area contributed by atoms with Crippen LogP contribution in [0.1, 0.15) is 64.2 Å². The van der Waals surface area contributed by atoms with Gasteiger partial charge in [0, 0.05) is 19.4 Å². The summed E-state index contributed by atoms with van der Waals surface area (Å²) in [5.74, 6) is 1.18. The van der Waals surface area contributed by atoms with Crippen LogP contribution in [0, 0.1) is 0 Å². The molecular weight excluding hydrogens is 390 g/mol. The highest BCUT2D eigenvalue weighted by Gasteiger charge is 2.32. The monoisotopic (exact) mass is 429 g/mol. The summed E-state index contributed by atoms with van der Waals surface area (Å²) in [5.41, 5.74) is 4.71. The number of nitrogens with zero attached hydrogens (tertiary/aromatic N) is 3. The Hall–Kier alpha value is -2.25. The minimum atomic E-state index is 0.0661. The minimum absolute atomic E-state index is 0.0661. The quantitative estimate of drug-likeness (QED) is 0.548. The predicted octanol–water partition coefficient (Wildman–Crippen LogP) is 0.787. The van der Waals surface area contributed by atoms with Crippen LogP contribution in [-0.2, 0) is 11.3 Å². The fraction of sp³-hybridized carbons (Fsp3) is 0.625. The molecule has 2 aromatic rings. The van der Waals surface area contributed by atoms with E-state index < -0.39 is 0 Å². The van der Waals surface area contributed by atoms with Crippen LogP contribution in [0.2, 0.25) is 0 Å². The highest BCUT2D eigenvalue weighted by atomic mass is 16.2. The highest BCUT2D eigenvalue weighted by Crippen LogP contribution is 2.16. The normalized spacial score (nSPS) is 16.0. The average Bonchev–Trinajstić information content (AvgIpc) is 2.80. The van der Waals surface area contributed by atoms with Gasteiger partial charge in [0.2, 0.25) is 5.91 Å². The van der Waals surface area contributed by atoms with E-state index in [4.69, 9.17) is 4.98 Å². The summed E-state index contributed by atoms with van der Waals surface area (Å²) in [6.45, 7) is 9.28. The molecule has 0 spiro atoms. The van der Waals surface area contributed by atoms with Crippen molar-refractivity contribution in [1.29, 1.82) is 0 Å². The lowest BCUT2D eigenvalue weighted by atomic mass is 10.1. The minimum Gasteiger partial charge on any atom is -0.358 e. The number of piperazine rings is 1. The number of para-hydroxylation sites is 1. The van der Waals surface area contributed by atoms with E-state index >= 15 is 0 Å².